The highest BCUT2D eigenvalue weighted by atomic mass is 16.2. The molecule has 0 radical (unpaired) electrons. The molecule has 0 aromatic rings. The van der Waals surface area contributed by atoms with Crippen LogP contribution in [0.25, 0.3) is 0 Å². The zero-order valence-electron chi connectivity index (χ0n) is 11.2. The molecule has 1 spiro atoms. The molecule has 0 aromatic heterocycles. The summed E-state index contributed by atoms with van der Waals surface area (Å²) in [5.41, 5.74) is -0.00791. The summed E-state index contributed by atoms with van der Waals surface area (Å²) in [4.78, 5) is 11.7. The van der Waals surface area contributed by atoms with E-state index in [1.165, 1.54) is 0 Å². The lowest BCUT2D eigenvalue weighted by molar-refractivity contribution is -0.120. The van der Waals surface area contributed by atoms with Gasteiger partial charge in [0.25, 0.3) is 0 Å². The summed E-state index contributed by atoms with van der Waals surface area (Å²) < 4.78 is 0. The number of rotatable bonds is 3. The SMILES string of the molecule is C=CCCC1(C)CCC(C)(C)C12NCC(=O)N2. The average Bonchev–Trinajstić information content (AvgIpc) is 2.75. The summed E-state index contributed by atoms with van der Waals surface area (Å²) in [5, 5.41) is 6.71. The Morgan fingerprint density at radius 1 is 1.35 bits per heavy atom. The molecular formula is C14H24N2O. The van der Waals surface area contributed by atoms with E-state index in [1.54, 1.807) is 0 Å². The molecule has 1 heterocycles. The molecule has 1 amide bonds. The predicted octanol–water partition coefficient (Wildman–Crippen LogP) is 2.19. The second-order valence-corrected chi connectivity index (χ2v) is 6.42. The summed E-state index contributed by atoms with van der Waals surface area (Å²) in [6.45, 7) is 11.1. The molecule has 2 atom stereocenters. The quantitative estimate of drug-likeness (QED) is 0.738. The molecule has 2 fully saturated rings. The molecule has 3 nitrogen and oxygen atoms in total. The molecule has 2 rings (SSSR count). The Kier molecular flexibility index (Phi) is 2.85. The van der Waals surface area contributed by atoms with Gasteiger partial charge in [0.2, 0.25) is 5.91 Å². The van der Waals surface area contributed by atoms with Crippen molar-refractivity contribution in [1.29, 1.82) is 0 Å². The van der Waals surface area contributed by atoms with Crippen molar-refractivity contribution in [3.05, 3.63) is 12.7 Å². The van der Waals surface area contributed by atoms with Gasteiger partial charge in [0.05, 0.1) is 6.54 Å². The summed E-state index contributed by atoms with van der Waals surface area (Å²) in [7, 11) is 0. The van der Waals surface area contributed by atoms with Gasteiger partial charge in [0, 0.05) is 10.8 Å². The number of carbonyl (C=O) groups is 1. The number of hydrogen-bond acceptors (Lipinski definition) is 2. The number of amides is 1. The summed E-state index contributed by atoms with van der Waals surface area (Å²) in [6.07, 6.45) is 6.36. The number of carbonyl (C=O) groups excluding carboxylic acids is 1. The summed E-state index contributed by atoms with van der Waals surface area (Å²) in [6, 6.07) is 0. The van der Waals surface area contributed by atoms with Crippen LogP contribution in [0.1, 0.15) is 46.5 Å². The number of nitrogens with one attached hydrogen (secondary N) is 2. The van der Waals surface area contributed by atoms with E-state index in [0.717, 1.165) is 25.7 Å². The minimum absolute atomic E-state index is 0.106. The van der Waals surface area contributed by atoms with Crippen LogP contribution in [-0.2, 0) is 4.79 Å². The Balaban J connectivity index is 2.34. The smallest absolute Gasteiger partial charge is 0.235 e. The molecule has 1 aliphatic carbocycles. The third-order valence-corrected chi connectivity index (χ3v) is 4.96. The Bertz CT molecular complexity index is 350. The van der Waals surface area contributed by atoms with Crippen LogP contribution in [0.5, 0.6) is 0 Å². The number of hydrogen-bond donors (Lipinski definition) is 2. The van der Waals surface area contributed by atoms with Crippen molar-refractivity contribution in [3.8, 4) is 0 Å². The fourth-order valence-corrected chi connectivity index (χ4v) is 3.80. The van der Waals surface area contributed by atoms with Gasteiger partial charge >= 0.3 is 0 Å². The van der Waals surface area contributed by atoms with Crippen LogP contribution in [0.15, 0.2) is 12.7 Å². The first-order valence-electron chi connectivity index (χ1n) is 6.54. The van der Waals surface area contributed by atoms with Gasteiger partial charge in [0.15, 0.2) is 0 Å². The van der Waals surface area contributed by atoms with Crippen molar-refractivity contribution in [3.63, 3.8) is 0 Å². The highest BCUT2D eigenvalue weighted by Crippen LogP contribution is 2.58. The van der Waals surface area contributed by atoms with Crippen molar-refractivity contribution in [2.24, 2.45) is 10.8 Å². The minimum atomic E-state index is -0.236. The molecule has 17 heavy (non-hydrogen) atoms. The lowest BCUT2D eigenvalue weighted by Gasteiger charge is -2.48. The first-order chi connectivity index (χ1) is 7.87. The van der Waals surface area contributed by atoms with E-state index < -0.39 is 0 Å². The average molecular weight is 236 g/mol. The van der Waals surface area contributed by atoms with E-state index in [4.69, 9.17) is 0 Å². The van der Waals surface area contributed by atoms with Gasteiger partial charge in [-0.2, -0.15) is 0 Å². The maximum Gasteiger partial charge on any atom is 0.235 e. The third kappa shape index (κ3) is 1.63. The highest BCUT2D eigenvalue weighted by Gasteiger charge is 2.63. The predicted molar refractivity (Wildman–Crippen MR) is 69.4 cm³/mol. The molecule has 1 saturated heterocycles. The number of allylic oxidation sites excluding steroid dienone is 1. The lowest BCUT2D eigenvalue weighted by atomic mass is 9.69. The third-order valence-electron chi connectivity index (χ3n) is 4.96. The van der Waals surface area contributed by atoms with Crippen molar-refractivity contribution in [1.82, 2.24) is 10.6 Å². The fourth-order valence-electron chi connectivity index (χ4n) is 3.80. The van der Waals surface area contributed by atoms with Gasteiger partial charge in [-0.15, -0.1) is 6.58 Å². The largest absolute Gasteiger partial charge is 0.336 e. The molecule has 2 N–H and O–H groups in total. The van der Waals surface area contributed by atoms with E-state index in [9.17, 15) is 4.79 Å². The molecule has 2 aliphatic rings. The van der Waals surface area contributed by atoms with Crippen LogP contribution in [0.3, 0.4) is 0 Å². The standard InChI is InChI=1S/C14H24N2O/c1-5-6-7-13(4)9-8-12(2,3)14(13)15-10-11(17)16-14/h5,15H,1,6-10H2,2-4H3,(H,16,17). The highest BCUT2D eigenvalue weighted by molar-refractivity contribution is 5.81. The van der Waals surface area contributed by atoms with Gasteiger partial charge in [-0.25, -0.2) is 0 Å². The Hall–Kier alpha value is -0.830. The van der Waals surface area contributed by atoms with Crippen LogP contribution in [0.2, 0.25) is 0 Å². The molecule has 1 aliphatic heterocycles. The van der Waals surface area contributed by atoms with Gasteiger partial charge in [-0.05, 0) is 25.7 Å². The molecule has 0 aromatic carbocycles. The molecule has 2 unspecified atom stereocenters. The second-order valence-electron chi connectivity index (χ2n) is 6.42. The van der Waals surface area contributed by atoms with Gasteiger partial charge in [-0.3, -0.25) is 10.1 Å². The zero-order valence-corrected chi connectivity index (χ0v) is 11.2. The Morgan fingerprint density at radius 2 is 2.06 bits per heavy atom. The van der Waals surface area contributed by atoms with Crippen molar-refractivity contribution >= 4 is 5.91 Å². The van der Waals surface area contributed by atoms with Crippen LogP contribution in [0, 0.1) is 10.8 Å². The van der Waals surface area contributed by atoms with Crippen molar-refractivity contribution < 1.29 is 4.79 Å². The second kappa shape index (κ2) is 3.84. The van der Waals surface area contributed by atoms with Gasteiger partial charge in [-0.1, -0.05) is 26.8 Å². The Morgan fingerprint density at radius 3 is 2.59 bits per heavy atom. The zero-order chi connectivity index (χ0) is 12.7. The van der Waals surface area contributed by atoms with E-state index in [0.29, 0.717) is 6.54 Å². The summed E-state index contributed by atoms with van der Waals surface area (Å²) in [5.74, 6) is 0.129. The first kappa shape index (κ1) is 12.6. The van der Waals surface area contributed by atoms with E-state index in [1.807, 2.05) is 6.08 Å². The van der Waals surface area contributed by atoms with E-state index in [-0.39, 0.29) is 22.4 Å². The first-order valence-corrected chi connectivity index (χ1v) is 6.54. The van der Waals surface area contributed by atoms with Gasteiger partial charge in [0.1, 0.15) is 5.66 Å². The minimum Gasteiger partial charge on any atom is -0.336 e. The van der Waals surface area contributed by atoms with E-state index >= 15 is 0 Å². The van der Waals surface area contributed by atoms with Crippen molar-refractivity contribution in [2.45, 2.75) is 52.1 Å². The van der Waals surface area contributed by atoms with Gasteiger partial charge < -0.3 is 5.32 Å². The normalized spacial score (nSPS) is 39.6. The van der Waals surface area contributed by atoms with Crippen LogP contribution < -0.4 is 10.6 Å². The van der Waals surface area contributed by atoms with Crippen LogP contribution >= 0.6 is 0 Å². The molecule has 96 valence electrons. The Labute approximate surface area is 104 Å². The molecule has 3 heteroatoms. The van der Waals surface area contributed by atoms with Crippen LogP contribution in [-0.4, -0.2) is 18.1 Å². The van der Waals surface area contributed by atoms with Crippen LogP contribution in [0.4, 0.5) is 0 Å². The fraction of sp³-hybridized carbons (Fsp3) is 0.786. The lowest BCUT2D eigenvalue weighted by Crippen LogP contribution is -2.65. The molecular weight excluding hydrogens is 212 g/mol. The maximum absolute atomic E-state index is 11.7. The van der Waals surface area contributed by atoms with Crippen molar-refractivity contribution in [2.75, 3.05) is 6.54 Å². The summed E-state index contributed by atoms with van der Waals surface area (Å²) >= 11 is 0. The molecule has 0 bridgehead atoms. The maximum atomic E-state index is 11.7. The monoisotopic (exact) mass is 236 g/mol. The molecule has 1 saturated carbocycles. The topological polar surface area (TPSA) is 41.1 Å². The van der Waals surface area contributed by atoms with E-state index in [2.05, 4.69) is 38.0 Å².